The van der Waals surface area contributed by atoms with E-state index < -0.39 is 36.8 Å². The zero-order chi connectivity index (χ0) is 27.1. The van der Waals surface area contributed by atoms with Gasteiger partial charge in [-0.25, -0.2) is 8.78 Å². The second kappa shape index (κ2) is 12.5. The van der Waals surface area contributed by atoms with Gasteiger partial charge in [0.05, 0.1) is 36.6 Å². The maximum atomic E-state index is 12.5. The van der Waals surface area contributed by atoms with Crippen molar-refractivity contribution >= 4 is 29.2 Å². The molecule has 0 aliphatic heterocycles. The fourth-order valence-electron chi connectivity index (χ4n) is 3.60. The fraction of sp³-hybridized carbons (Fsp3) is 0.462. The number of methoxy groups -OCH3 is 1. The lowest BCUT2D eigenvalue weighted by molar-refractivity contribution is -0.142. The molecule has 2 aromatic carbocycles. The lowest BCUT2D eigenvalue weighted by Gasteiger charge is -2.21. The van der Waals surface area contributed by atoms with Crippen LogP contribution in [0.15, 0.2) is 48.5 Å². The van der Waals surface area contributed by atoms with Gasteiger partial charge in [0.1, 0.15) is 0 Å². The van der Waals surface area contributed by atoms with Crippen LogP contribution in [0.4, 0.5) is 27.6 Å². The lowest BCUT2D eigenvalue weighted by atomic mass is 9.85. The summed E-state index contributed by atoms with van der Waals surface area (Å²) in [5, 5.41) is 2.61. The van der Waals surface area contributed by atoms with Crippen molar-refractivity contribution < 1.29 is 36.3 Å². The third-order valence-corrected chi connectivity index (χ3v) is 6.10. The van der Waals surface area contributed by atoms with E-state index in [4.69, 9.17) is 16.3 Å². The zero-order valence-corrected chi connectivity index (χ0v) is 20.9. The van der Waals surface area contributed by atoms with E-state index in [0.29, 0.717) is 0 Å². The van der Waals surface area contributed by atoms with E-state index in [2.05, 4.69) is 5.32 Å². The maximum Gasteiger partial charge on any atom is 0.389 e. The molecular weight excluding hydrogens is 505 g/mol. The van der Waals surface area contributed by atoms with Crippen LogP contribution in [-0.2, 0) is 14.3 Å². The van der Waals surface area contributed by atoms with E-state index in [9.17, 15) is 31.5 Å². The van der Waals surface area contributed by atoms with E-state index in [-0.39, 0.29) is 41.4 Å². The van der Waals surface area contributed by atoms with Crippen molar-refractivity contribution in [2.75, 3.05) is 12.4 Å². The molecule has 1 aliphatic carbocycles. The first kappa shape index (κ1) is 29.5. The van der Waals surface area contributed by atoms with Crippen LogP contribution < -0.4 is 5.32 Å². The van der Waals surface area contributed by atoms with Crippen LogP contribution in [-0.4, -0.2) is 31.1 Å². The number of rotatable bonds is 8. The number of esters is 1. The lowest BCUT2D eigenvalue weighted by Crippen LogP contribution is -2.17. The van der Waals surface area contributed by atoms with Crippen LogP contribution >= 0.6 is 11.6 Å². The highest BCUT2D eigenvalue weighted by molar-refractivity contribution is 6.33. The Kier molecular flexibility index (Phi) is 10.3. The average Bonchev–Trinajstić information content (AvgIpc) is 3.46. The highest BCUT2D eigenvalue weighted by Crippen LogP contribution is 2.55. The molecule has 0 spiro atoms. The number of halogens is 6. The molecular formula is C26H29ClF5NO3. The largest absolute Gasteiger partial charge is 0.469 e. The Morgan fingerprint density at radius 1 is 1.14 bits per heavy atom. The van der Waals surface area contributed by atoms with Crippen molar-refractivity contribution in [3.63, 3.8) is 0 Å². The van der Waals surface area contributed by atoms with Gasteiger partial charge in [0.15, 0.2) is 0 Å². The van der Waals surface area contributed by atoms with Crippen molar-refractivity contribution in [3.8, 4) is 0 Å². The van der Waals surface area contributed by atoms with Gasteiger partial charge in [-0.3, -0.25) is 9.59 Å². The van der Waals surface area contributed by atoms with Crippen LogP contribution in [0.3, 0.4) is 0 Å². The molecule has 0 radical (unpaired) electrons. The SMILES string of the molecule is COC(=O)CC(c1ccc(Cl)c(NC(=O)CCC(F)(F)F)c1)C(C)C.FC1(F)CC1c1ccccc1. The van der Waals surface area contributed by atoms with Crippen molar-refractivity contribution in [2.24, 2.45) is 5.92 Å². The van der Waals surface area contributed by atoms with E-state index in [1.54, 1.807) is 42.5 Å². The first-order valence-electron chi connectivity index (χ1n) is 11.4. The number of amides is 1. The predicted molar refractivity (Wildman–Crippen MR) is 128 cm³/mol. The summed E-state index contributed by atoms with van der Waals surface area (Å²) in [6.07, 6.45) is -6.10. The molecule has 1 fully saturated rings. The molecule has 1 N–H and O–H groups in total. The maximum absolute atomic E-state index is 12.5. The summed E-state index contributed by atoms with van der Waals surface area (Å²) in [5.74, 6) is -4.15. The number of ether oxygens (including phenoxy) is 1. The highest BCUT2D eigenvalue weighted by atomic mass is 35.5. The fourth-order valence-corrected chi connectivity index (χ4v) is 3.76. The first-order chi connectivity index (χ1) is 16.7. The van der Waals surface area contributed by atoms with Crippen molar-refractivity contribution in [3.05, 3.63) is 64.7 Å². The second-order valence-corrected chi connectivity index (χ2v) is 9.37. The van der Waals surface area contributed by atoms with Gasteiger partial charge >= 0.3 is 12.1 Å². The monoisotopic (exact) mass is 533 g/mol. The van der Waals surface area contributed by atoms with Crippen LogP contribution in [0.1, 0.15) is 62.5 Å². The number of anilines is 1. The Morgan fingerprint density at radius 2 is 1.75 bits per heavy atom. The van der Waals surface area contributed by atoms with Gasteiger partial charge < -0.3 is 10.1 Å². The quantitative estimate of drug-likeness (QED) is 0.279. The Labute approximate surface area is 212 Å². The molecule has 2 unspecified atom stereocenters. The number of alkyl halides is 5. The number of hydrogen-bond donors (Lipinski definition) is 1. The van der Waals surface area contributed by atoms with Crippen molar-refractivity contribution in [1.82, 2.24) is 0 Å². The highest BCUT2D eigenvalue weighted by Gasteiger charge is 2.57. The Bertz CT molecular complexity index is 1030. The molecule has 2 atom stereocenters. The van der Waals surface area contributed by atoms with Crippen LogP contribution in [0.25, 0.3) is 0 Å². The van der Waals surface area contributed by atoms with E-state index in [1.165, 1.54) is 7.11 Å². The van der Waals surface area contributed by atoms with Gasteiger partial charge in [-0.2, -0.15) is 13.2 Å². The molecule has 0 heterocycles. The van der Waals surface area contributed by atoms with Gasteiger partial charge in [-0.05, 0) is 35.1 Å². The van der Waals surface area contributed by atoms with Crippen LogP contribution in [0, 0.1) is 5.92 Å². The normalized spacial score (nSPS) is 17.0. The predicted octanol–water partition coefficient (Wildman–Crippen LogP) is 7.73. The van der Waals surface area contributed by atoms with Gasteiger partial charge in [0.25, 0.3) is 5.92 Å². The second-order valence-electron chi connectivity index (χ2n) is 8.96. The summed E-state index contributed by atoms with van der Waals surface area (Å²) in [7, 11) is 1.30. The van der Waals surface area contributed by atoms with Crippen LogP contribution in [0.5, 0.6) is 0 Å². The zero-order valence-electron chi connectivity index (χ0n) is 20.2. The van der Waals surface area contributed by atoms with E-state index >= 15 is 0 Å². The molecule has 0 bridgehead atoms. The van der Waals surface area contributed by atoms with Crippen molar-refractivity contribution in [2.45, 2.75) is 63.5 Å². The van der Waals surface area contributed by atoms with Gasteiger partial charge in [-0.15, -0.1) is 0 Å². The molecule has 1 saturated carbocycles. The summed E-state index contributed by atoms with van der Waals surface area (Å²) in [6.45, 7) is 3.87. The van der Waals surface area contributed by atoms with Gasteiger partial charge in [0, 0.05) is 12.8 Å². The molecule has 2 aromatic rings. The minimum atomic E-state index is -4.40. The smallest absolute Gasteiger partial charge is 0.389 e. The van der Waals surface area contributed by atoms with E-state index in [1.807, 2.05) is 19.9 Å². The number of nitrogens with one attached hydrogen (secondary N) is 1. The minimum Gasteiger partial charge on any atom is -0.469 e. The first-order valence-corrected chi connectivity index (χ1v) is 11.8. The molecule has 198 valence electrons. The standard InChI is InChI=1S/C17H21ClF3NO3.C9H8F2/c1-10(2)12(9-16(24)25-3)11-4-5-13(18)14(8-11)22-15(23)6-7-17(19,20)21;10-9(11)6-8(9)7-4-2-1-3-5-7/h4-5,8,10,12H,6-7,9H2,1-3H3,(H,22,23);1-5,8H,6H2. The van der Waals surface area contributed by atoms with Crippen LogP contribution in [0.2, 0.25) is 5.02 Å². The number of hydrogen-bond acceptors (Lipinski definition) is 3. The van der Waals surface area contributed by atoms with Gasteiger partial charge in [-0.1, -0.05) is 61.8 Å². The number of carbonyl (C=O) groups excluding carboxylic acids is 2. The molecule has 0 aromatic heterocycles. The van der Waals surface area contributed by atoms with E-state index in [0.717, 1.165) is 11.1 Å². The van der Waals surface area contributed by atoms with Crippen molar-refractivity contribution in [1.29, 1.82) is 0 Å². The summed E-state index contributed by atoms with van der Waals surface area (Å²) in [5.41, 5.74) is 1.73. The Morgan fingerprint density at radius 3 is 2.25 bits per heavy atom. The molecule has 36 heavy (non-hydrogen) atoms. The summed E-state index contributed by atoms with van der Waals surface area (Å²) < 4.78 is 66.3. The molecule has 1 amide bonds. The number of carbonyl (C=O) groups is 2. The number of benzene rings is 2. The summed E-state index contributed by atoms with van der Waals surface area (Å²) in [6, 6.07) is 13.8. The molecule has 3 rings (SSSR count). The summed E-state index contributed by atoms with van der Waals surface area (Å²) in [4.78, 5) is 23.3. The topological polar surface area (TPSA) is 55.4 Å². The Balaban J connectivity index is 0.000000340. The summed E-state index contributed by atoms with van der Waals surface area (Å²) >= 11 is 6.02. The third kappa shape index (κ3) is 9.41. The third-order valence-electron chi connectivity index (χ3n) is 5.78. The van der Waals surface area contributed by atoms with Gasteiger partial charge in [0.2, 0.25) is 5.91 Å². The molecule has 4 nitrogen and oxygen atoms in total. The molecule has 1 aliphatic rings. The average molecular weight is 534 g/mol. The molecule has 0 saturated heterocycles. The Hall–Kier alpha value is -2.68. The molecule has 10 heteroatoms. The minimum absolute atomic E-state index is 0.0248.